The number of methoxy groups -OCH3 is 1. The fraction of sp³-hybridized carbons (Fsp3) is 0.429. The zero-order valence-electron chi connectivity index (χ0n) is 12.8. The lowest BCUT2D eigenvalue weighted by Gasteiger charge is -2.22. The van der Waals surface area contributed by atoms with Crippen LogP contribution in [-0.4, -0.2) is 35.2 Å². The summed E-state index contributed by atoms with van der Waals surface area (Å²) in [4.78, 5) is 20.9. The van der Waals surface area contributed by atoms with E-state index in [4.69, 9.17) is 55.9 Å². The number of rotatable bonds is 8. The third-order valence-corrected chi connectivity index (χ3v) is 3.58. The van der Waals surface area contributed by atoms with Crippen molar-refractivity contribution in [1.29, 1.82) is 0 Å². The molecule has 0 atom stereocenters. The Balaban J connectivity index is 3.14. The minimum atomic E-state index is -1.31. The van der Waals surface area contributed by atoms with E-state index in [2.05, 4.69) is 10.6 Å². The van der Waals surface area contributed by atoms with Gasteiger partial charge < -0.3 is 20.1 Å². The van der Waals surface area contributed by atoms with Crippen molar-refractivity contribution in [3.63, 3.8) is 0 Å². The maximum absolute atomic E-state index is 11.8. The summed E-state index contributed by atoms with van der Waals surface area (Å²) < 4.78 is 10.7. The van der Waals surface area contributed by atoms with E-state index >= 15 is 0 Å². The number of nitrogens with one attached hydrogen (secondary N) is 2. The molecule has 24 heavy (non-hydrogen) atoms. The van der Waals surface area contributed by atoms with Crippen LogP contribution >= 0.6 is 46.4 Å². The molecule has 0 heterocycles. The molecule has 0 unspecified atom stereocenters. The molecule has 0 radical (unpaired) electrons. The number of alkyl halides is 4. The van der Waals surface area contributed by atoms with E-state index in [9.17, 15) is 9.59 Å². The molecule has 10 heteroatoms. The molecule has 0 aliphatic carbocycles. The Kier molecular flexibility index (Phi) is 8.76. The number of ether oxygens (including phenoxy) is 2. The number of carbonyl (C=O) groups is 2. The van der Waals surface area contributed by atoms with Crippen LogP contribution in [0.4, 0.5) is 0 Å². The Morgan fingerprint density at radius 3 is 2.00 bits per heavy atom. The zero-order valence-corrected chi connectivity index (χ0v) is 15.8. The monoisotopic (exact) mass is 416 g/mol. The van der Waals surface area contributed by atoms with Gasteiger partial charge in [-0.05, 0) is 24.6 Å². The second-order valence-electron chi connectivity index (χ2n) is 4.39. The van der Waals surface area contributed by atoms with Gasteiger partial charge in [0.15, 0.2) is 21.2 Å². The standard InChI is InChI=1S/C14H16Cl4N2O4/c1-3-24-9-6-7(4-5-8(9)23-2)12(19-13(21)10(15)16)20-14(22)11(17)18/h4-6,10-12H,3H2,1-2H3,(H,19,21)(H,20,22). The second kappa shape index (κ2) is 10.0. The van der Waals surface area contributed by atoms with Crippen molar-refractivity contribution in [3.05, 3.63) is 23.8 Å². The Labute approximate surface area is 159 Å². The largest absolute Gasteiger partial charge is 0.493 e. The van der Waals surface area contributed by atoms with E-state index in [1.165, 1.54) is 7.11 Å². The van der Waals surface area contributed by atoms with Crippen LogP contribution in [0.3, 0.4) is 0 Å². The van der Waals surface area contributed by atoms with Crippen LogP contribution in [0.15, 0.2) is 18.2 Å². The highest BCUT2D eigenvalue weighted by molar-refractivity contribution is 6.54. The van der Waals surface area contributed by atoms with Gasteiger partial charge in [0, 0.05) is 0 Å². The molecule has 0 aromatic heterocycles. The van der Waals surface area contributed by atoms with Gasteiger partial charge >= 0.3 is 0 Å². The van der Waals surface area contributed by atoms with E-state index in [1.807, 2.05) is 6.92 Å². The predicted molar refractivity (Wildman–Crippen MR) is 94.2 cm³/mol. The molecule has 6 nitrogen and oxygen atoms in total. The molecule has 0 aliphatic heterocycles. The summed E-state index contributed by atoms with van der Waals surface area (Å²) in [5, 5.41) is 4.95. The summed E-state index contributed by atoms with van der Waals surface area (Å²) >= 11 is 22.1. The number of hydrogen-bond acceptors (Lipinski definition) is 4. The summed E-state index contributed by atoms with van der Waals surface area (Å²) in [6, 6.07) is 4.85. The highest BCUT2D eigenvalue weighted by atomic mass is 35.5. The SMILES string of the molecule is CCOc1cc(C(NC(=O)C(Cl)Cl)NC(=O)C(Cl)Cl)ccc1OC. The minimum Gasteiger partial charge on any atom is -0.493 e. The number of hydrogen-bond donors (Lipinski definition) is 2. The Hall–Kier alpha value is -1.08. The van der Waals surface area contributed by atoms with Gasteiger partial charge in [0.1, 0.15) is 6.17 Å². The second-order valence-corrected chi connectivity index (χ2v) is 6.59. The summed E-state index contributed by atoms with van der Waals surface area (Å²) in [6.45, 7) is 2.21. The van der Waals surface area contributed by atoms with Crippen molar-refractivity contribution >= 4 is 58.2 Å². The number of benzene rings is 1. The van der Waals surface area contributed by atoms with Crippen LogP contribution in [0.1, 0.15) is 18.7 Å². The molecule has 2 N–H and O–H groups in total. The van der Waals surface area contributed by atoms with Crippen LogP contribution in [0.25, 0.3) is 0 Å². The fourth-order valence-electron chi connectivity index (χ4n) is 1.75. The molecule has 0 spiro atoms. The van der Waals surface area contributed by atoms with Crippen LogP contribution in [-0.2, 0) is 9.59 Å². The highest BCUT2D eigenvalue weighted by Crippen LogP contribution is 2.30. The lowest BCUT2D eigenvalue weighted by atomic mass is 10.1. The lowest BCUT2D eigenvalue weighted by molar-refractivity contribution is -0.122. The van der Waals surface area contributed by atoms with Gasteiger partial charge in [-0.25, -0.2) is 0 Å². The quantitative estimate of drug-likeness (QED) is 0.503. The molecular formula is C14H16Cl4N2O4. The van der Waals surface area contributed by atoms with Crippen molar-refractivity contribution in [1.82, 2.24) is 10.6 Å². The Bertz CT molecular complexity index is 562. The third-order valence-electron chi connectivity index (χ3n) is 2.79. The van der Waals surface area contributed by atoms with Gasteiger partial charge in [-0.2, -0.15) is 0 Å². The number of amides is 2. The van der Waals surface area contributed by atoms with Crippen molar-refractivity contribution in [2.75, 3.05) is 13.7 Å². The van der Waals surface area contributed by atoms with Crippen molar-refractivity contribution in [2.24, 2.45) is 0 Å². The molecule has 1 aromatic rings. The van der Waals surface area contributed by atoms with Gasteiger partial charge in [0.25, 0.3) is 11.8 Å². The molecule has 1 rings (SSSR count). The van der Waals surface area contributed by atoms with Gasteiger partial charge in [-0.1, -0.05) is 52.5 Å². The van der Waals surface area contributed by atoms with Crippen molar-refractivity contribution in [2.45, 2.75) is 22.8 Å². The molecular weight excluding hydrogens is 402 g/mol. The maximum Gasteiger partial charge on any atom is 0.255 e. The van der Waals surface area contributed by atoms with Gasteiger partial charge in [0.2, 0.25) is 0 Å². The fourth-order valence-corrected chi connectivity index (χ4v) is 2.01. The molecule has 0 saturated carbocycles. The first kappa shape index (κ1) is 21.0. The third kappa shape index (κ3) is 6.09. The van der Waals surface area contributed by atoms with Crippen molar-refractivity contribution < 1.29 is 19.1 Å². The molecule has 134 valence electrons. The lowest BCUT2D eigenvalue weighted by Crippen LogP contribution is -2.44. The highest BCUT2D eigenvalue weighted by Gasteiger charge is 2.24. The van der Waals surface area contributed by atoms with Crippen LogP contribution in [0.5, 0.6) is 11.5 Å². The molecule has 0 aliphatic rings. The van der Waals surface area contributed by atoms with E-state index < -0.39 is 27.7 Å². The molecule has 2 amide bonds. The van der Waals surface area contributed by atoms with Crippen LogP contribution in [0, 0.1) is 0 Å². The first-order chi connectivity index (χ1) is 11.3. The summed E-state index contributed by atoms with van der Waals surface area (Å²) in [5.74, 6) is -0.457. The summed E-state index contributed by atoms with van der Waals surface area (Å²) in [6.07, 6.45) is -0.963. The maximum atomic E-state index is 11.8. The topological polar surface area (TPSA) is 76.7 Å². The van der Waals surface area contributed by atoms with Crippen molar-refractivity contribution in [3.8, 4) is 11.5 Å². The summed E-state index contributed by atoms with van der Waals surface area (Å²) in [7, 11) is 1.50. The van der Waals surface area contributed by atoms with Crippen LogP contribution in [0.2, 0.25) is 0 Å². The van der Waals surface area contributed by atoms with Gasteiger partial charge in [-0.3, -0.25) is 9.59 Å². The smallest absolute Gasteiger partial charge is 0.255 e. The number of carbonyl (C=O) groups excluding carboxylic acids is 2. The molecule has 0 fully saturated rings. The average molecular weight is 418 g/mol. The number of halogens is 4. The minimum absolute atomic E-state index is 0.403. The van der Waals surface area contributed by atoms with E-state index in [1.54, 1.807) is 18.2 Å². The van der Waals surface area contributed by atoms with E-state index in [0.29, 0.717) is 23.7 Å². The average Bonchev–Trinajstić information content (AvgIpc) is 2.54. The van der Waals surface area contributed by atoms with E-state index in [0.717, 1.165) is 0 Å². The van der Waals surface area contributed by atoms with Gasteiger partial charge in [0.05, 0.1) is 13.7 Å². The molecule has 0 bridgehead atoms. The first-order valence-corrected chi connectivity index (χ1v) is 8.52. The van der Waals surface area contributed by atoms with Gasteiger partial charge in [-0.15, -0.1) is 0 Å². The Morgan fingerprint density at radius 1 is 1.04 bits per heavy atom. The molecule has 1 aromatic carbocycles. The Morgan fingerprint density at radius 2 is 1.58 bits per heavy atom. The van der Waals surface area contributed by atoms with E-state index in [-0.39, 0.29) is 0 Å². The first-order valence-electron chi connectivity index (χ1n) is 6.77. The normalized spacial score (nSPS) is 10.9. The van der Waals surface area contributed by atoms with Crippen LogP contribution < -0.4 is 20.1 Å². The molecule has 0 saturated heterocycles. The summed E-state index contributed by atoms with van der Waals surface area (Å²) in [5.41, 5.74) is 0.490. The zero-order chi connectivity index (χ0) is 18.3. The predicted octanol–water partition coefficient (Wildman–Crippen LogP) is 2.93.